The molecule has 2 nitrogen and oxygen atoms in total. The van der Waals surface area contributed by atoms with Gasteiger partial charge in [0.05, 0.1) is 9.77 Å². The van der Waals surface area contributed by atoms with Crippen LogP contribution in [0.5, 0.6) is 0 Å². The minimum absolute atomic E-state index is 0.0565. The van der Waals surface area contributed by atoms with Gasteiger partial charge in [0.2, 0.25) is 0 Å². The molecule has 0 bridgehead atoms. The first-order valence-electron chi connectivity index (χ1n) is 8.28. The van der Waals surface area contributed by atoms with Gasteiger partial charge in [-0.25, -0.2) is 0 Å². The minimum Gasteiger partial charge on any atom is -0.358 e. The Balaban J connectivity index is 2.29. The van der Waals surface area contributed by atoms with Crippen molar-refractivity contribution in [3.8, 4) is 0 Å². The van der Waals surface area contributed by atoms with Gasteiger partial charge in [-0.2, -0.15) is 0 Å². The van der Waals surface area contributed by atoms with Crippen molar-refractivity contribution in [1.82, 2.24) is 0 Å². The highest BCUT2D eigenvalue weighted by Gasteiger charge is 2.34. The molecule has 0 amide bonds. The highest BCUT2D eigenvalue weighted by Crippen LogP contribution is 2.39. The molecule has 1 aromatic carbocycles. The summed E-state index contributed by atoms with van der Waals surface area (Å²) in [5.41, 5.74) is 2.52. The number of thioether (sulfide) groups is 1. The van der Waals surface area contributed by atoms with Crippen LogP contribution in [0.2, 0.25) is 5.02 Å². The number of hydrogen-bond acceptors (Lipinski definition) is 4. The SMILES string of the molecule is CCCCSC(=S)C1=C(Nc2ccc(Cl)cc2)CC(C)(C)CC1=O. The van der Waals surface area contributed by atoms with Gasteiger partial charge in [0.25, 0.3) is 0 Å². The number of ketones is 1. The fraction of sp³-hybridized carbons (Fsp3) is 0.474. The minimum atomic E-state index is -0.0565. The van der Waals surface area contributed by atoms with E-state index in [0.717, 1.165) is 40.6 Å². The summed E-state index contributed by atoms with van der Waals surface area (Å²) in [6.07, 6.45) is 3.59. The van der Waals surface area contributed by atoms with E-state index in [4.69, 9.17) is 23.8 Å². The molecule has 1 aliphatic carbocycles. The van der Waals surface area contributed by atoms with E-state index in [1.807, 2.05) is 24.3 Å². The molecular formula is C19H24ClNOS2. The number of Topliss-reactive ketones (excluding diaryl/α,β-unsaturated/α-hetero) is 1. The maximum absolute atomic E-state index is 12.7. The number of thiocarbonyl (C=S) groups is 1. The van der Waals surface area contributed by atoms with Crippen molar-refractivity contribution in [2.45, 2.75) is 46.5 Å². The van der Waals surface area contributed by atoms with Gasteiger partial charge in [0.1, 0.15) is 0 Å². The van der Waals surface area contributed by atoms with Gasteiger partial charge in [-0.3, -0.25) is 4.79 Å². The van der Waals surface area contributed by atoms with E-state index in [0.29, 0.717) is 17.0 Å². The molecule has 0 fully saturated rings. The summed E-state index contributed by atoms with van der Waals surface area (Å²) >= 11 is 13.2. The lowest BCUT2D eigenvalue weighted by Gasteiger charge is -2.32. The van der Waals surface area contributed by atoms with E-state index in [9.17, 15) is 4.79 Å². The average Bonchev–Trinajstić information content (AvgIpc) is 2.48. The average molecular weight is 382 g/mol. The molecule has 0 aromatic heterocycles. The molecule has 0 heterocycles. The molecule has 5 heteroatoms. The first-order chi connectivity index (χ1) is 11.3. The predicted octanol–water partition coefficient (Wildman–Crippen LogP) is 6.26. The Morgan fingerprint density at radius 2 is 1.96 bits per heavy atom. The van der Waals surface area contributed by atoms with Gasteiger partial charge in [0.15, 0.2) is 5.78 Å². The fourth-order valence-corrected chi connectivity index (χ4v) is 4.37. The maximum atomic E-state index is 12.7. The number of allylic oxidation sites excluding steroid dienone is 1. The second-order valence-electron chi connectivity index (χ2n) is 6.92. The Morgan fingerprint density at radius 3 is 2.58 bits per heavy atom. The zero-order chi connectivity index (χ0) is 17.7. The molecule has 1 N–H and O–H groups in total. The first-order valence-corrected chi connectivity index (χ1v) is 10.1. The third kappa shape index (κ3) is 5.33. The molecule has 1 aromatic rings. The Bertz CT molecular complexity index is 650. The zero-order valence-corrected chi connectivity index (χ0v) is 16.8. The number of unbranched alkanes of at least 4 members (excludes halogenated alkanes) is 1. The van der Waals surface area contributed by atoms with Crippen molar-refractivity contribution >= 4 is 51.2 Å². The lowest BCUT2D eigenvalue weighted by molar-refractivity contribution is -0.117. The normalized spacial score (nSPS) is 17.1. The number of hydrogen-bond donors (Lipinski definition) is 1. The molecule has 0 saturated carbocycles. The van der Waals surface area contributed by atoms with Gasteiger partial charge in [-0.15, -0.1) is 11.8 Å². The zero-order valence-electron chi connectivity index (χ0n) is 14.4. The van der Waals surface area contributed by atoms with Crippen LogP contribution in [0.15, 0.2) is 35.5 Å². The lowest BCUT2D eigenvalue weighted by Crippen LogP contribution is -2.30. The quantitative estimate of drug-likeness (QED) is 0.465. The molecule has 24 heavy (non-hydrogen) atoms. The highest BCUT2D eigenvalue weighted by atomic mass is 35.5. The number of carbonyl (C=O) groups is 1. The van der Waals surface area contributed by atoms with Crippen LogP contribution in [0.4, 0.5) is 5.69 Å². The van der Waals surface area contributed by atoms with Crippen molar-refractivity contribution < 1.29 is 4.79 Å². The monoisotopic (exact) mass is 381 g/mol. The summed E-state index contributed by atoms with van der Waals surface area (Å²) < 4.78 is 0.723. The first kappa shape index (κ1) is 19.5. The predicted molar refractivity (Wildman–Crippen MR) is 110 cm³/mol. The summed E-state index contributed by atoms with van der Waals surface area (Å²) in [6.45, 7) is 6.40. The number of benzene rings is 1. The van der Waals surface area contributed by atoms with Crippen molar-refractivity contribution in [3.05, 3.63) is 40.6 Å². The van der Waals surface area contributed by atoms with E-state index in [-0.39, 0.29) is 11.2 Å². The van der Waals surface area contributed by atoms with Gasteiger partial charge < -0.3 is 5.32 Å². The topological polar surface area (TPSA) is 29.1 Å². The van der Waals surface area contributed by atoms with Crippen LogP contribution in [-0.2, 0) is 4.79 Å². The molecule has 0 aliphatic heterocycles. The molecule has 130 valence electrons. The molecule has 1 aliphatic rings. The number of halogens is 1. The summed E-state index contributed by atoms with van der Waals surface area (Å²) in [5, 5.41) is 4.11. The largest absolute Gasteiger partial charge is 0.358 e. The third-order valence-corrected chi connectivity index (χ3v) is 5.72. The number of carbonyl (C=O) groups excluding carboxylic acids is 1. The van der Waals surface area contributed by atoms with Crippen molar-refractivity contribution in [2.24, 2.45) is 5.41 Å². The van der Waals surface area contributed by atoms with E-state index in [1.54, 1.807) is 11.8 Å². The van der Waals surface area contributed by atoms with Crippen LogP contribution in [0.3, 0.4) is 0 Å². The molecular weight excluding hydrogens is 358 g/mol. The van der Waals surface area contributed by atoms with Gasteiger partial charge in [-0.1, -0.05) is 51.0 Å². The van der Waals surface area contributed by atoms with Crippen molar-refractivity contribution in [2.75, 3.05) is 11.1 Å². The third-order valence-electron chi connectivity index (χ3n) is 3.95. The van der Waals surface area contributed by atoms with Gasteiger partial charge in [0, 0.05) is 22.8 Å². The molecule has 0 saturated heterocycles. The van der Waals surface area contributed by atoms with Gasteiger partial charge >= 0.3 is 0 Å². The molecule has 0 atom stereocenters. The van der Waals surface area contributed by atoms with Crippen molar-refractivity contribution in [3.63, 3.8) is 0 Å². The Kier molecular flexibility index (Phi) is 6.90. The molecule has 0 spiro atoms. The van der Waals surface area contributed by atoms with E-state index >= 15 is 0 Å². The number of nitrogens with one attached hydrogen (secondary N) is 1. The Morgan fingerprint density at radius 1 is 1.29 bits per heavy atom. The maximum Gasteiger partial charge on any atom is 0.167 e. The Hall–Kier alpha value is -0.840. The van der Waals surface area contributed by atoms with Crippen LogP contribution < -0.4 is 5.32 Å². The summed E-state index contributed by atoms with van der Waals surface area (Å²) in [4.78, 5) is 12.7. The number of rotatable bonds is 6. The van der Waals surface area contributed by atoms with Crippen LogP contribution in [-0.4, -0.2) is 15.7 Å². The standard InChI is InChI=1S/C19H24ClNOS2/c1-4-5-10-24-18(23)17-15(11-19(2,3)12-16(17)22)21-14-8-6-13(20)7-9-14/h6-9,21H,4-5,10-12H2,1-3H3. The Labute approximate surface area is 159 Å². The van der Waals surface area contributed by atoms with E-state index in [2.05, 4.69) is 26.1 Å². The molecule has 2 rings (SSSR count). The van der Waals surface area contributed by atoms with Crippen LogP contribution in [0.25, 0.3) is 0 Å². The van der Waals surface area contributed by atoms with E-state index < -0.39 is 0 Å². The number of anilines is 1. The summed E-state index contributed by atoms with van der Waals surface area (Å²) in [5.74, 6) is 1.11. The summed E-state index contributed by atoms with van der Waals surface area (Å²) in [7, 11) is 0. The van der Waals surface area contributed by atoms with Crippen LogP contribution >= 0.6 is 35.6 Å². The second-order valence-corrected chi connectivity index (χ2v) is 9.12. The molecule has 0 radical (unpaired) electrons. The fourth-order valence-electron chi connectivity index (χ4n) is 2.75. The highest BCUT2D eigenvalue weighted by molar-refractivity contribution is 8.23. The lowest BCUT2D eigenvalue weighted by atomic mass is 9.76. The smallest absolute Gasteiger partial charge is 0.167 e. The van der Waals surface area contributed by atoms with E-state index in [1.165, 1.54) is 0 Å². The van der Waals surface area contributed by atoms with Crippen LogP contribution in [0, 0.1) is 5.41 Å². The van der Waals surface area contributed by atoms with Crippen molar-refractivity contribution in [1.29, 1.82) is 0 Å². The second kappa shape index (κ2) is 8.50. The molecule has 0 unspecified atom stereocenters. The van der Waals surface area contributed by atoms with Gasteiger partial charge in [-0.05, 0) is 48.3 Å². The summed E-state index contributed by atoms with van der Waals surface area (Å²) in [6, 6.07) is 7.53. The van der Waals surface area contributed by atoms with Crippen LogP contribution in [0.1, 0.15) is 46.5 Å².